The van der Waals surface area contributed by atoms with E-state index in [2.05, 4.69) is 11.9 Å². The number of hydrogen-bond acceptors (Lipinski definition) is 7. The van der Waals surface area contributed by atoms with E-state index >= 15 is 0 Å². The van der Waals surface area contributed by atoms with E-state index < -0.39 is 17.8 Å². The van der Waals surface area contributed by atoms with Crippen molar-refractivity contribution >= 4 is 23.9 Å². The Kier molecular flexibility index (Phi) is 10.2. The summed E-state index contributed by atoms with van der Waals surface area (Å²) in [5.41, 5.74) is 3.89. The predicted octanol–water partition coefficient (Wildman–Crippen LogP) is 5.77. The van der Waals surface area contributed by atoms with Crippen molar-refractivity contribution < 1.29 is 33.3 Å². The molecule has 4 rings (SSSR count). The molecule has 1 N–H and O–H groups in total. The SMILES string of the molecule is C=CCc1cc(/C=C2\C(=O)NC(=O)N(Cc3ccc(OCCC)c(OC)c3)C2=O)cc(OC)c1OCc1ccc(C)cc1. The number of nitrogens with zero attached hydrogens (tertiary/aromatic N) is 1. The number of barbiturate groups is 1. The van der Waals surface area contributed by atoms with E-state index in [4.69, 9.17) is 18.9 Å². The van der Waals surface area contributed by atoms with Gasteiger partial charge in [0.15, 0.2) is 23.0 Å². The summed E-state index contributed by atoms with van der Waals surface area (Å²) in [6.45, 7) is 8.65. The van der Waals surface area contributed by atoms with E-state index in [1.165, 1.54) is 20.3 Å². The summed E-state index contributed by atoms with van der Waals surface area (Å²) in [5, 5.41) is 2.27. The third kappa shape index (κ3) is 7.43. The van der Waals surface area contributed by atoms with Crippen LogP contribution in [-0.2, 0) is 29.2 Å². The van der Waals surface area contributed by atoms with Crippen molar-refractivity contribution in [2.45, 2.75) is 39.8 Å². The molecule has 0 spiro atoms. The lowest BCUT2D eigenvalue weighted by molar-refractivity contribution is -0.130. The van der Waals surface area contributed by atoms with Crippen molar-refractivity contribution in [1.29, 1.82) is 0 Å². The van der Waals surface area contributed by atoms with E-state index in [0.717, 1.165) is 28.0 Å². The normalized spacial score (nSPS) is 14.0. The van der Waals surface area contributed by atoms with Gasteiger partial charge < -0.3 is 18.9 Å². The first-order chi connectivity index (χ1) is 20.8. The molecule has 1 aliphatic heterocycles. The highest BCUT2D eigenvalue weighted by molar-refractivity contribution is 6.31. The number of carbonyl (C=O) groups excluding carboxylic acids is 3. The molecule has 0 bridgehead atoms. The number of hydrogen-bond donors (Lipinski definition) is 1. The zero-order valence-electron chi connectivity index (χ0n) is 24.9. The van der Waals surface area contributed by atoms with Gasteiger partial charge in [-0.15, -0.1) is 6.58 Å². The van der Waals surface area contributed by atoms with E-state index in [0.29, 0.717) is 53.8 Å². The molecule has 1 saturated heterocycles. The van der Waals surface area contributed by atoms with Crippen LogP contribution in [0.1, 0.15) is 41.2 Å². The summed E-state index contributed by atoms with van der Waals surface area (Å²) in [7, 11) is 3.04. The van der Waals surface area contributed by atoms with Crippen LogP contribution in [-0.4, -0.2) is 43.6 Å². The van der Waals surface area contributed by atoms with Crippen LogP contribution in [0, 0.1) is 6.92 Å². The number of carbonyl (C=O) groups is 3. The minimum Gasteiger partial charge on any atom is -0.493 e. The largest absolute Gasteiger partial charge is 0.493 e. The maximum Gasteiger partial charge on any atom is 0.331 e. The number of benzene rings is 3. The molecule has 4 amide bonds. The molecule has 0 unspecified atom stereocenters. The second-order valence-corrected chi connectivity index (χ2v) is 10.0. The van der Waals surface area contributed by atoms with E-state index in [9.17, 15) is 14.4 Å². The van der Waals surface area contributed by atoms with Gasteiger partial charge in [0, 0.05) is 5.56 Å². The number of urea groups is 1. The maximum atomic E-state index is 13.5. The summed E-state index contributed by atoms with van der Waals surface area (Å²) in [5.74, 6) is 0.524. The van der Waals surface area contributed by atoms with Gasteiger partial charge in [-0.3, -0.25) is 19.8 Å². The molecule has 9 nitrogen and oxygen atoms in total. The first kappa shape index (κ1) is 30.9. The number of imide groups is 2. The Labute approximate surface area is 251 Å². The molecule has 224 valence electrons. The summed E-state index contributed by atoms with van der Waals surface area (Å²) in [4.78, 5) is 40.0. The van der Waals surface area contributed by atoms with Crippen molar-refractivity contribution in [3.8, 4) is 23.0 Å². The summed E-state index contributed by atoms with van der Waals surface area (Å²) < 4.78 is 22.9. The lowest BCUT2D eigenvalue weighted by atomic mass is 10.0. The van der Waals surface area contributed by atoms with Crippen LogP contribution in [0.4, 0.5) is 4.79 Å². The minimum absolute atomic E-state index is 0.0729. The molecule has 9 heteroatoms. The monoisotopic (exact) mass is 584 g/mol. The minimum atomic E-state index is -0.804. The van der Waals surface area contributed by atoms with Gasteiger partial charge in [0.2, 0.25) is 0 Å². The van der Waals surface area contributed by atoms with Crippen LogP contribution < -0.4 is 24.3 Å². The Bertz CT molecular complexity index is 1540. The maximum absolute atomic E-state index is 13.5. The molecule has 3 aromatic carbocycles. The van der Waals surface area contributed by atoms with Crippen molar-refractivity contribution in [3.63, 3.8) is 0 Å². The average Bonchev–Trinajstić information content (AvgIpc) is 3.00. The van der Waals surface area contributed by atoms with Crippen LogP contribution in [0.3, 0.4) is 0 Å². The molecule has 0 saturated carbocycles. The fourth-order valence-corrected chi connectivity index (χ4v) is 4.56. The number of methoxy groups -OCH3 is 2. The summed E-state index contributed by atoms with van der Waals surface area (Å²) >= 11 is 0. The molecule has 3 aromatic rings. The molecule has 0 aliphatic carbocycles. The Morgan fingerprint density at radius 1 is 0.884 bits per heavy atom. The zero-order valence-corrected chi connectivity index (χ0v) is 24.9. The lowest BCUT2D eigenvalue weighted by Crippen LogP contribution is -2.53. The van der Waals surface area contributed by atoms with E-state index in [-0.39, 0.29) is 12.1 Å². The van der Waals surface area contributed by atoms with Crippen molar-refractivity contribution in [2.75, 3.05) is 20.8 Å². The van der Waals surface area contributed by atoms with Crippen molar-refractivity contribution in [2.24, 2.45) is 0 Å². The van der Waals surface area contributed by atoms with Gasteiger partial charge in [0.25, 0.3) is 11.8 Å². The molecule has 1 fully saturated rings. The van der Waals surface area contributed by atoms with Gasteiger partial charge >= 0.3 is 6.03 Å². The van der Waals surface area contributed by atoms with Crippen LogP contribution in [0.25, 0.3) is 6.08 Å². The first-order valence-electron chi connectivity index (χ1n) is 14.0. The zero-order chi connectivity index (χ0) is 30.9. The fraction of sp³-hybridized carbons (Fsp3) is 0.265. The molecule has 1 heterocycles. The second kappa shape index (κ2) is 14.2. The van der Waals surface area contributed by atoms with Gasteiger partial charge in [-0.25, -0.2) is 4.79 Å². The van der Waals surface area contributed by atoms with Gasteiger partial charge in [-0.1, -0.05) is 48.9 Å². The molecular weight excluding hydrogens is 548 g/mol. The van der Waals surface area contributed by atoms with Gasteiger partial charge in [0.1, 0.15) is 12.2 Å². The highest BCUT2D eigenvalue weighted by atomic mass is 16.5. The van der Waals surface area contributed by atoms with Gasteiger partial charge in [-0.2, -0.15) is 0 Å². The lowest BCUT2D eigenvalue weighted by Gasteiger charge is -2.26. The average molecular weight is 585 g/mol. The number of ether oxygens (including phenoxy) is 4. The molecule has 0 aromatic heterocycles. The predicted molar refractivity (Wildman–Crippen MR) is 163 cm³/mol. The number of amides is 4. The number of allylic oxidation sites excluding steroid dienone is 1. The summed E-state index contributed by atoms with van der Waals surface area (Å²) in [6.07, 6.45) is 4.47. The standard InChI is InChI=1S/C34H36N2O7/c1-6-8-26-16-25(19-30(41-5)31(26)43-21-23-11-9-22(3)10-12-23)17-27-32(37)35-34(39)36(33(27)38)20-24-13-14-28(42-15-7-2)29(18-24)40-4/h6,9-14,16-19H,1,7-8,15,20-21H2,2-5H3,(H,35,37,39)/b27-17+. The number of nitrogens with one attached hydrogen (secondary N) is 1. The Morgan fingerprint density at radius 2 is 1.60 bits per heavy atom. The molecule has 1 aliphatic rings. The fourth-order valence-electron chi connectivity index (χ4n) is 4.56. The Balaban J connectivity index is 1.61. The van der Waals surface area contributed by atoms with Crippen molar-refractivity contribution in [1.82, 2.24) is 10.2 Å². The van der Waals surface area contributed by atoms with Gasteiger partial charge in [0.05, 0.1) is 27.4 Å². The van der Waals surface area contributed by atoms with Crippen LogP contribution in [0.5, 0.6) is 23.0 Å². The van der Waals surface area contributed by atoms with Crippen LogP contribution in [0.15, 0.2) is 72.8 Å². The Morgan fingerprint density at radius 3 is 2.28 bits per heavy atom. The van der Waals surface area contributed by atoms with Crippen LogP contribution in [0.2, 0.25) is 0 Å². The van der Waals surface area contributed by atoms with E-state index in [1.807, 2.05) is 44.2 Å². The highest BCUT2D eigenvalue weighted by Crippen LogP contribution is 2.35. The molecule has 43 heavy (non-hydrogen) atoms. The van der Waals surface area contributed by atoms with E-state index in [1.54, 1.807) is 30.3 Å². The third-order valence-corrected chi connectivity index (χ3v) is 6.77. The number of aryl methyl sites for hydroxylation is 1. The Hall–Kier alpha value is -5.05. The quantitative estimate of drug-likeness (QED) is 0.155. The smallest absolute Gasteiger partial charge is 0.331 e. The van der Waals surface area contributed by atoms with Gasteiger partial charge in [-0.05, 0) is 66.8 Å². The number of rotatable bonds is 13. The topological polar surface area (TPSA) is 103 Å². The van der Waals surface area contributed by atoms with Crippen LogP contribution >= 0.6 is 0 Å². The molecule has 0 atom stereocenters. The molecule has 0 radical (unpaired) electrons. The molecular formula is C34H36N2O7. The highest BCUT2D eigenvalue weighted by Gasteiger charge is 2.36. The van der Waals surface area contributed by atoms with Crippen molar-refractivity contribution in [3.05, 3.63) is 101 Å². The first-order valence-corrected chi connectivity index (χ1v) is 14.0. The summed E-state index contributed by atoms with van der Waals surface area (Å²) in [6, 6.07) is 15.9. The second-order valence-electron chi connectivity index (χ2n) is 10.0. The third-order valence-electron chi connectivity index (χ3n) is 6.77.